The first-order valence-electron chi connectivity index (χ1n) is 5.40. The summed E-state index contributed by atoms with van der Waals surface area (Å²) >= 11 is 0. The molecule has 0 bridgehead atoms. The van der Waals surface area contributed by atoms with Gasteiger partial charge in [-0.1, -0.05) is 0 Å². The molecule has 1 amide bonds. The molecule has 0 aliphatic heterocycles. The molecule has 0 aliphatic rings. The number of carbonyl (C=O) groups excluding carboxylic acids is 1. The molecule has 0 aromatic heterocycles. The number of rotatable bonds is 5. The van der Waals surface area contributed by atoms with Gasteiger partial charge in [0.1, 0.15) is 0 Å². The van der Waals surface area contributed by atoms with Gasteiger partial charge >= 0.3 is 0 Å². The van der Waals surface area contributed by atoms with E-state index in [1.165, 1.54) is 26.2 Å². The van der Waals surface area contributed by atoms with Gasteiger partial charge in [-0.25, -0.2) is 12.7 Å². The second-order valence-electron chi connectivity index (χ2n) is 3.90. The van der Waals surface area contributed by atoms with Crippen LogP contribution in [0.4, 0.5) is 5.69 Å². The fourth-order valence-corrected chi connectivity index (χ4v) is 2.18. The van der Waals surface area contributed by atoms with E-state index in [0.29, 0.717) is 5.69 Å². The van der Waals surface area contributed by atoms with E-state index in [9.17, 15) is 13.2 Å². The molecule has 18 heavy (non-hydrogen) atoms. The Kier molecular flexibility index (Phi) is 4.83. The Bertz CT molecular complexity index is 509. The number of hydrogen-bond donors (Lipinski definition) is 2. The Morgan fingerprint density at radius 2 is 1.83 bits per heavy atom. The van der Waals surface area contributed by atoms with Gasteiger partial charge < -0.3 is 11.1 Å². The summed E-state index contributed by atoms with van der Waals surface area (Å²) in [4.78, 5) is 11.5. The predicted octanol–water partition coefficient (Wildman–Crippen LogP) is 0.224. The fourth-order valence-electron chi connectivity index (χ4n) is 1.28. The molecule has 1 rings (SSSR count). The second-order valence-corrected chi connectivity index (χ2v) is 6.05. The van der Waals surface area contributed by atoms with Crippen molar-refractivity contribution in [3.63, 3.8) is 0 Å². The smallest absolute Gasteiger partial charge is 0.242 e. The summed E-state index contributed by atoms with van der Waals surface area (Å²) in [5, 5.41) is 2.62. The average molecular weight is 271 g/mol. The van der Waals surface area contributed by atoms with E-state index in [1.807, 2.05) is 0 Å². The Hall–Kier alpha value is -1.44. The number of nitrogens with one attached hydrogen (secondary N) is 1. The van der Waals surface area contributed by atoms with Crippen LogP contribution in [-0.2, 0) is 14.8 Å². The molecule has 100 valence electrons. The van der Waals surface area contributed by atoms with E-state index < -0.39 is 10.0 Å². The predicted molar refractivity (Wildman–Crippen MR) is 69.6 cm³/mol. The molecule has 1 aromatic carbocycles. The topological polar surface area (TPSA) is 92.5 Å². The minimum absolute atomic E-state index is 0.185. The van der Waals surface area contributed by atoms with Crippen LogP contribution in [0.25, 0.3) is 0 Å². The third-order valence-electron chi connectivity index (χ3n) is 2.29. The largest absolute Gasteiger partial charge is 0.330 e. The Morgan fingerprint density at radius 1 is 1.28 bits per heavy atom. The van der Waals surface area contributed by atoms with Crippen molar-refractivity contribution in [3.8, 4) is 0 Å². The number of hydrogen-bond acceptors (Lipinski definition) is 4. The van der Waals surface area contributed by atoms with Crippen molar-refractivity contribution in [1.82, 2.24) is 4.31 Å². The lowest BCUT2D eigenvalue weighted by atomic mass is 10.3. The van der Waals surface area contributed by atoms with Crippen LogP contribution in [0.15, 0.2) is 29.2 Å². The molecule has 1 aromatic rings. The summed E-state index contributed by atoms with van der Waals surface area (Å²) in [6.07, 6.45) is 0.234. The molecule has 0 heterocycles. The quantitative estimate of drug-likeness (QED) is 0.801. The molecular weight excluding hydrogens is 254 g/mol. The van der Waals surface area contributed by atoms with Gasteiger partial charge in [-0.3, -0.25) is 4.79 Å². The summed E-state index contributed by atoms with van der Waals surface area (Å²) in [5.41, 5.74) is 5.80. The number of amides is 1. The van der Waals surface area contributed by atoms with Crippen molar-refractivity contribution in [2.75, 3.05) is 26.0 Å². The van der Waals surface area contributed by atoms with Crippen LogP contribution in [-0.4, -0.2) is 39.3 Å². The van der Waals surface area contributed by atoms with E-state index in [4.69, 9.17) is 5.73 Å². The fraction of sp³-hybridized carbons (Fsp3) is 0.364. The molecule has 0 saturated heterocycles. The highest BCUT2D eigenvalue weighted by Gasteiger charge is 2.16. The zero-order valence-electron chi connectivity index (χ0n) is 10.4. The molecule has 0 unspecified atom stereocenters. The minimum Gasteiger partial charge on any atom is -0.330 e. The summed E-state index contributed by atoms with van der Waals surface area (Å²) < 4.78 is 24.7. The SMILES string of the molecule is CN(C)S(=O)(=O)c1ccc(NC(=O)CCN)cc1. The number of nitrogens with two attached hydrogens (primary N) is 1. The van der Waals surface area contributed by atoms with Gasteiger partial charge in [-0.05, 0) is 24.3 Å². The van der Waals surface area contributed by atoms with Crippen molar-refractivity contribution in [2.24, 2.45) is 5.73 Å². The molecule has 0 saturated carbocycles. The van der Waals surface area contributed by atoms with Gasteiger partial charge in [0.05, 0.1) is 4.90 Å². The number of benzene rings is 1. The van der Waals surface area contributed by atoms with Crippen molar-refractivity contribution in [2.45, 2.75) is 11.3 Å². The molecule has 0 aliphatic carbocycles. The number of carbonyl (C=O) groups is 1. The lowest BCUT2D eigenvalue weighted by Crippen LogP contribution is -2.22. The molecule has 0 radical (unpaired) electrons. The third kappa shape index (κ3) is 3.52. The zero-order valence-corrected chi connectivity index (χ0v) is 11.2. The molecule has 0 fully saturated rings. The lowest BCUT2D eigenvalue weighted by molar-refractivity contribution is -0.116. The third-order valence-corrected chi connectivity index (χ3v) is 4.12. The standard InChI is InChI=1S/C11H17N3O3S/c1-14(2)18(16,17)10-5-3-9(4-6-10)13-11(15)7-8-12/h3-6H,7-8,12H2,1-2H3,(H,13,15). The minimum atomic E-state index is -3.43. The van der Waals surface area contributed by atoms with E-state index >= 15 is 0 Å². The first kappa shape index (κ1) is 14.6. The summed E-state index contributed by atoms with van der Waals surface area (Å²) in [6.45, 7) is 0.277. The monoisotopic (exact) mass is 271 g/mol. The number of anilines is 1. The summed E-state index contributed by atoms with van der Waals surface area (Å²) in [7, 11) is -0.503. The average Bonchev–Trinajstić information content (AvgIpc) is 2.29. The second kappa shape index (κ2) is 5.94. The maximum atomic E-state index is 11.8. The van der Waals surface area contributed by atoms with Crippen molar-refractivity contribution in [3.05, 3.63) is 24.3 Å². The molecule has 3 N–H and O–H groups in total. The molecule has 0 atom stereocenters. The highest BCUT2D eigenvalue weighted by atomic mass is 32.2. The Morgan fingerprint density at radius 3 is 2.28 bits per heavy atom. The van der Waals surface area contributed by atoms with Gasteiger partial charge in [-0.15, -0.1) is 0 Å². The molecule has 6 nitrogen and oxygen atoms in total. The lowest BCUT2D eigenvalue weighted by Gasteiger charge is -2.11. The highest BCUT2D eigenvalue weighted by Crippen LogP contribution is 2.16. The Labute approximate surface area is 107 Å². The van der Waals surface area contributed by atoms with Crippen LogP contribution in [0.2, 0.25) is 0 Å². The van der Waals surface area contributed by atoms with Gasteiger partial charge in [-0.2, -0.15) is 0 Å². The first-order chi connectivity index (χ1) is 8.37. The Balaban J connectivity index is 2.84. The van der Waals surface area contributed by atoms with Crippen LogP contribution < -0.4 is 11.1 Å². The van der Waals surface area contributed by atoms with Crippen LogP contribution in [0.5, 0.6) is 0 Å². The van der Waals surface area contributed by atoms with Crippen LogP contribution >= 0.6 is 0 Å². The normalized spacial score (nSPS) is 11.6. The van der Waals surface area contributed by atoms with Crippen LogP contribution in [0, 0.1) is 0 Å². The first-order valence-corrected chi connectivity index (χ1v) is 6.84. The number of sulfonamides is 1. The maximum absolute atomic E-state index is 11.8. The van der Waals surface area contributed by atoms with Gasteiger partial charge in [0, 0.05) is 32.7 Å². The van der Waals surface area contributed by atoms with E-state index in [-0.39, 0.29) is 23.8 Å². The van der Waals surface area contributed by atoms with E-state index in [2.05, 4.69) is 5.32 Å². The number of nitrogens with zero attached hydrogens (tertiary/aromatic N) is 1. The van der Waals surface area contributed by atoms with Gasteiger partial charge in [0.25, 0.3) is 0 Å². The summed E-state index contributed by atoms with van der Waals surface area (Å²) in [6, 6.07) is 6.00. The molecule has 7 heteroatoms. The van der Waals surface area contributed by atoms with E-state index in [0.717, 1.165) is 4.31 Å². The van der Waals surface area contributed by atoms with Crippen LogP contribution in [0.3, 0.4) is 0 Å². The molecular formula is C11H17N3O3S. The molecule has 0 spiro atoms. The van der Waals surface area contributed by atoms with Crippen molar-refractivity contribution < 1.29 is 13.2 Å². The van der Waals surface area contributed by atoms with Crippen molar-refractivity contribution in [1.29, 1.82) is 0 Å². The zero-order chi connectivity index (χ0) is 13.8. The highest BCUT2D eigenvalue weighted by molar-refractivity contribution is 7.89. The summed E-state index contributed by atoms with van der Waals surface area (Å²) in [5.74, 6) is -0.194. The van der Waals surface area contributed by atoms with Gasteiger partial charge in [0.15, 0.2) is 0 Å². The van der Waals surface area contributed by atoms with Crippen LogP contribution in [0.1, 0.15) is 6.42 Å². The van der Waals surface area contributed by atoms with E-state index in [1.54, 1.807) is 12.1 Å². The maximum Gasteiger partial charge on any atom is 0.242 e. The van der Waals surface area contributed by atoms with Gasteiger partial charge in [0.2, 0.25) is 15.9 Å². The van der Waals surface area contributed by atoms with Crippen molar-refractivity contribution >= 4 is 21.6 Å².